The molecule has 0 atom stereocenters. The zero-order valence-corrected chi connectivity index (χ0v) is 8.90. The highest BCUT2D eigenvalue weighted by Crippen LogP contribution is 2.20. The Hall–Kier alpha value is -0.540. The van der Waals surface area contributed by atoms with Gasteiger partial charge in [-0.2, -0.15) is 0 Å². The van der Waals surface area contributed by atoms with Crippen LogP contribution in [0, 0.1) is 6.92 Å². The minimum atomic E-state index is 0.0760. The molecule has 72 valence electrons. The van der Waals surface area contributed by atoms with Gasteiger partial charge in [-0.25, -0.2) is 4.98 Å². The van der Waals surface area contributed by atoms with E-state index in [2.05, 4.69) is 11.9 Å². The van der Waals surface area contributed by atoms with Crippen molar-refractivity contribution in [3.05, 3.63) is 23.4 Å². The van der Waals surface area contributed by atoms with Gasteiger partial charge in [0.05, 0.1) is 11.6 Å². The lowest BCUT2D eigenvalue weighted by atomic mass is 10.2. The van der Waals surface area contributed by atoms with Gasteiger partial charge >= 0.3 is 0 Å². The lowest BCUT2D eigenvalue weighted by Gasteiger charge is -2.04. The lowest BCUT2D eigenvalue weighted by molar-refractivity contribution is 0.281. The Bertz CT molecular complexity index is 276. The number of aromatic nitrogens is 1. The number of aryl methyl sites for hydroxylation is 1. The fourth-order valence-corrected chi connectivity index (χ4v) is 1.87. The molecule has 0 aromatic carbocycles. The third-order valence-electron chi connectivity index (χ3n) is 1.71. The molecule has 0 bridgehead atoms. The SMILES string of the molecule is CCCSc1ncc(CO)cc1C. The van der Waals surface area contributed by atoms with Gasteiger partial charge in [-0.05, 0) is 36.3 Å². The molecule has 3 heteroatoms. The predicted molar refractivity (Wildman–Crippen MR) is 55.9 cm³/mol. The molecule has 0 saturated carbocycles. The van der Waals surface area contributed by atoms with Crippen molar-refractivity contribution in [2.24, 2.45) is 0 Å². The van der Waals surface area contributed by atoms with Crippen molar-refractivity contribution in [2.45, 2.75) is 31.9 Å². The van der Waals surface area contributed by atoms with E-state index in [0.717, 1.165) is 28.3 Å². The maximum Gasteiger partial charge on any atom is 0.0989 e. The maximum atomic E-state index is 8.88. The van der Waals surface area contributed by atoms with Crippen LogP contribution >= 0.6 is 11.8 Å². The van der Waals surface area contributed by atoms with Gasteiger partial charge < -0.3 is 5.11 Å². The van der Waals surface area contributed by atoms with Gasteiger partial charge in [-0.15, -0.1) is 11.8 Å². The smallest absolute Gasteiger partial charge is 0.0989 e. The first kappa shape index (κ1) is 10.5. The summed E-state index contributed by atoms with van der Waals surface area (Å²) in [5.74, 6) is 1.10. The maximum absolute atomic E-state index is 8.88. The highest BCUT2D eigenvalue weighted by molar-refractivity contribution is 7.99. The predicted octanol–water partition coefficient (Wildman–Crippen LogP) is 2.38. The monoisotopic (exact) mass is 197 g/mol. The molecular formula is C10H15NOS. The molecule has 2 nitrogen and oxygen atoms in total. The number of thioether (sulfide) groups is 1. The second-order valence-electron chi connectivity index (χ2n) is 2.97. The molecule has 1 rings (SSSR count). The van der Waals surface area contributed by atoms with Crippen LogP contribution in [0.4, 0.5) is 0 Å². The van der Waals surface area contributed by atoms with E-state index < -0.39 is 0 Å². The van der Waals surface area contributed by atoms with E-state index in [0.29, 0.717) is 0 Å². The van der Waals surface area contributed by atoms with Crippen LogP contribution in [0.1, 0.15) is 24.5 Å². The average molecular weight is 197 g/mol. The molecule has 0 amide bonds. The molecule has 13 heavy (non-hydrogen) atoms. The van der Waals surface area contributed by atoms with Gasteiger partial charge in [0.2, 0.25) is 0 Å². The van der Waals surface area contributed by atoms with Gasteiger partial charge in [0.15, 0.2) is 0 Å². The first-order valence-electron chi connectivity index (χ1n) is 4.47. The Morgan fingerprint density at radius 1 is 1.54 bits per heavy atom. The van der Waals surface area contributed by atoms with Crippen molar-refractivity contribution in [3.8, 4) is 0 Å². The molecule has 0 aliphatic heterocycles. The summed E-state index contributed by atoms with van der Waals surface area (Å²) in [6, 6.07) is 1.99. The fourth-order valence-electron chi connectivity index (χ4n) is 1.06. The summed E-state index contributed by atoms with van der Waals surface area (Å²) < 4.78 is 0. The first-order valence-corrected chi connectivity index (χ1v) is 5.45. The van der Waals surface area contributed by atoms with Crippen LogP contribution in [0.15, 0.2) is 17.3 Å². The summed E-state index contributed by atoms with van der Waals surface area (Å²) in [4.78, 5) is 4.29. The molecule has 0 aliphatic carbocycles. The summed E-state index contributed by atoms with van der Waals surface area (Å²) in [5.41, 5.74) is 2.04. The van der Waals surface area contributed by atoms with Crippen LogP contribution in [-0.4, -0.2) is 15.8 Å². The van der Waals surface area contributed by atoms with Crippen LogP contribution in [0.5, 0.6) is 0 Å². The molecule has 0 spiro atoms. The molecule has 0 fully saturated rings. The second kappa shape index (κ2) is 5.25. The van der Waals surface area contributed by atoms with Gasteiger partial charge in [0.1, 0.15) is 0 Å². The molecular weight excluding hydrogens is 182 g/mol. The molecule has 0 unspecified atom stereocenters. The van der Waals surface area contributed by atoms with Crippen LogP contribution in [0.3, 0.4) is 0 Å². The number of aliphatic hydroxyl groups is 1. The van der Waals surface area contributed by atoms with E-state index in [1.54, 1.807) is 18.0 Å². The minimum Gasteiger partial charge on any atom is -0.392 e. The minimum absolute atomic E-state index is 0.0760. The van der Waals surface area contributed by atoms with Gasteiger partial charge in [-0.1, -0.05) is 6.92 Å². The van der Waals surface area contributed by atoms with Gasteiger partial charge in [0, 0.05) is 6.20 Å². The van der Waals surface area contributed by atoms with Crippen LogP contribution in [-0.2, 0) is 6.61 Å². The highest BCUT2D eigenvalue weighted by atomic mass is 32.2. The van der Waals surface area contributed by atoms with Crippen molar-refractivity contribution in [1.82, 2.24) is 4.98 Å². The summed E-state index contributed by atoms with van der Waals surface area (Å²) in [7, 11) is 0. The van der Waals surface area contributed by atoms with E-state index in [1.807, 2.05) is 13.0 Å². The zero-order valence-electron chi connectivity index (χ0n) is 8.08. The van der Waals surface area contributed by atoms with E-state index >= 15 is 0 Å². The van der Waals surface area contributed by atoms with E-state index in [4.69, 9.17) is 5.11 Å². The van der Waals surface area contributed by atoms with Crippen molar-refractivity contribution in [3.63, 3.8) is 0 Å². The molecule has 1 aromatic heterocycles. The van der Waals surface area contributed by atoms with Crippen LogP contribution < -0.4 is 0 Å². The van der Waals surface area contributed by atoms with Crippen molar-refractivity contribution >= 4 is 11.8 Å². The summed E-state index contributed by atoms with van der Waals surface area (Å²) in [6.07, 6.45) is 2.90. The summed E-state index contributed by atoms with van der Waals surface area (Å²) >= 11 is 1.77. The van der Waals surface area contributed by atoms with E-state index in [9.17, 15) is 0 Å². The molecule has 0 saturated heterocycles. The third-order valence-corrected chi connectivity index (χ3v) is 3.03. The number of pyridine rings is 1. The van der Waals surface area contributed by atoms with E-state index in [-0.39, 0.29) is 6.61 Å². The fraction of sp³-hybridized carbons (Fsp3) is 0.500. The normalized spacial score (nSPS) is 10.4. The largest absolute Gasteiger partial charge is 0.392 e. The van der Waals surface area contributed by atoms with E-state index in [1.165, 1.54) is 0 Å². The molecule has 0 radical (unpaired) electrons. The Balaban J connectivity index is 2.73. The molecule has 1 N–H and O–H groups in total. The standard InChI is InChI=1S/C10H15NOS/c1-3-4-13-10-8(2)5-9(7-12)6-11-10/h5-6,12H,3-4,7H2,1-2H3. The zero-order chi connectivity index (χ0) is 9.68. The third kappa shape index (κ3) is 3.01. The quantitative estimate of drug-likeness (QED) is 0.752. The first-order chi connectivity index (χ1) is 6.27. The number of hydrogen-bond donors (Lipinski definition) is 1. The number of hydrogen-bond acceptors (Lipinski definition) is 3. The summed E-state index contributed by atoms with van der Waals surface area (Å²) in [6.45, 7) is 4.27. The van der Waals surface area contributed by atoms with Crippen LogP contribution in [0.2, 0.25) is 0 Å². The Morgan fingerprint density at radius 3 is 2.85 bits per heavy atom. The van der Waals surface area contributed by atoms with Crippen molar-refractivity contribution in [2.75, 3.05) is 5.75 Å². The Kier molecular flexibility index (Phi) is 4.25. The number of aliphatic hydroxyl groups excluding tert-OH is 1. The lowest BCUT2D eigenvalue weighted by Crippen LogP contribution is -1.91. The van der Waals surface area contributed by atoms with Gasteiger partial charge in [0.25, 0.3) is 0 Å². The summed E-state index contributed by atoms with van der Waals surface area (Å²) in [5, 5.41) is 9.96. The highest BCUT2D eigenvalue weighted by Gasteiger charge is 2.00. The van der Waals surface area contributed by atoms with Crippen LogP contribution in [0.25, 0.3) is 0 Å². The molecule has 1 aromatic rings. The van der Waals surface area contributed by atoms with Crippen molar-refractivity contribution in [1.29, 1.82) is 0 Å². The Labute approximate surface area is 83.4 Å². The molecule has 0 aliphatic rings. The van der Waals surface area contributed by atoms with Gasteiger partial charge in [-0.3, -0.25) is 0 Å². The number of nitrogens with zero attached hydrogens (tertiary/aromatic N) is 1. The molecule has 1 heterocycles. The Morgan fingerprint density at radius 2 is 2.31 bits per heavy atom. The topological polar surface area (TPSA) is 33.1 Å². The average Bonchev–Trinajstić information content (AvgIpc) is 2.16. The number of rotatable bonds is 4. The second-order valence-corrected chi connectivity index (χ2v) is 4.06. The van der Waals surface area contributed by atoms with Crippen molar-refractivity contribution < 1.29 is 5.11 Å².